The molecule has 0 amide bonds. The molecule has 2 unspecified atom stereocenters. The summed E-state index contributed by atoms with van der Waals surface area (Å²) >= 11 is 3.38. The number of rotatable bonds is 5. The van der Waals surface area contributed by atoms with Crippen LogP contribution in [-0.4, -0.2) is 34.8 Å². The Labute approximate surface area is 139 Å². The molecule has 0 radical (unpaired) electrons. The molecule has 1 saturated heterocycles. The summed E-state index contributed by atoms with van der Waals surface area (Å²) in [6.45, 7) is 0.835. The second kappa shape index (κ2) is 6.86. The third-order valence-electron chi connectivity index (χ3n) is 4.20. The zero-order valence-electron chi connectivity index (χ0n) is 12.4. The van der Waals surface area contributed by atoms with Crippen LogP contribution in [0.3, 0.4) is 0 Å². The van der Waals surface area contributed by atoms with Crippen LogP contribution in [-0.2, 0) is 4.79 Å². The van der Waals surface area contributed by atoms with Gasteiger partial charge in [0.15, 0.2) is 0 Å². The van der Waals surface area contributed by atoms with Gasteiger partial charge < -0.3 is 5.11 Å². The van der Waals surface area contributed by atoms with Gasteiger partial charge in [0.1, 0.15) is 6.04 Å². The van der Waals surface area contributed by atoms with Gasteiger partial charge >= 0.3 is 5.97 Å². The molecule has 1 aromatic heterocycles. The van der Waals surface area contributed by atoms with E-state index in [4.69, 9.17) is 0 Å². The Balaban J connectivity index is 1.98. The van der Waals surface area contributed by atoms with Crippen LogP contribution in [0.2, 0.25) is 0 Å². The number of carboxylic acid groups (broad SMARTS) is 1. The average Bonchev–Trinajstić information content (AvgIpc) is 3.20. The molecule has 0 bridgehead atoms. The maximum atomic E-state index is 11.6. The maximum absolute atomic E-state index is 11.6. The van der Waals surface area contributed by atoms with Crippen molar-refractivity contribution in [1.82, 2.24) is 4.90 Å². The number of aliphatic carboxylic acids is 1. The van der Waals surface area contributed by atoms with Crippen molar-refractivity contribution in [2.24, 2.45) is 0 Å². The molecule has 5 heteroatoms. The van der Waals surface area contributed by atoms with Gasteiger partial charge in [-0.25, -0.2) is 0 Å². The van der Waals surface area contributed by atoms with Crippen LogP contribution in [0, 0.1) is 0 Å². The van der Waals surface area contributed by atoms with E-state index in [1.807, 2.05) is 0 Å². The van der Waals surface area contributed by atoms with Gasteiger partial charge in [0.05, 0.1) is 6.04 Å². The summed E-state index contributed by atoms with van der Waals surface area (Å²) in [5.74, 6) is -0.710. The summed E-state index contributed by atoms with van der Waals surface area (Å²) in [6.07, 6.45) is 3.74. The van der Waals surface area contributed by atoms with E-state index in [1.165, 1.54) is 16.0 Å². The lowest BCUT2D eigenvalue weighted by atomic mass is 9.98. The molecule has 0 saturated carbocycles. The molecule has 1 aromatic carbocycles. The van der Waals surface area contributed by atoms with E-state index in [0.717, 1.165) is 19.4 Å². The summed E-state index contributed by atoms with van der Waals surface area (Å²) in [5.41, 5.74) is 2.36. The fraction of sp³-hybridized carbons (Fsp3) is 0.353. The quantitative estimate of drug-likeness (QED) is 0.836. The number of hydrogen-bond donors (Lipinski definition) is 1. The molecule has 3 nitrogen and oxygen atoms in total. The van der Waals surface area contributed by atoms with Gasteiger partial charge in [-0.3, -0.25) is 9.69 Å². The Morgan fingerprint density at radius 2 is 2.09 bits per heavy atom. The lowest BCUT2D eigenvalue weighted by Gasteiger charge is -2.31. The van der Waals surface area contributed by atoms with E-state index < -0.39 is 5.97 Å². The molecule has 1 aliphatic heterocycles. The van der Waals surface area contributed by atoms with Gasteiger partial charge in [-0.1, -0.05) is 12.1 Å². The van der Waals surface area contributed by atoms with Crippen LogP contribution in [0.15, 0.2) is 46.0 Å². The molecule has 1 N–H and O–H groups in total. The Morgan fingerprint density at radius 3 is 2.68 bits per heavy atom. The summed E-state index contributed by atoms with van der Waals surface area (Å²) < 4.78 is 0. The largest absolute Gasteiger partial charge is 0.480 e. The number of hydrogen-bond acceptors (Lipinski definition) is 4. The number of nitrogens with zero attached hydrogens (tertiary/aromatic N) is 1. The lowest BCUT2D eigenvalue weighted by molar-refractivity contribution is -0.142. The third kappa shape index (κ3) is 3.07. The highest BCUT2D eigenvalue weighted by atomic mass is 32.2. The van der Waals surface area contributed by atoms with Crippen molar-refractivity contribution in [2.75, 3.05) is 12.8 Å². The highest BCUT2D eigenvalue weighted by Gasteiger charge is 2.36. The first-order chi connectivity index (χ1) is 10.7. The first-order valence-corrected chi connectivity index (χ1v) is 9.52. The standard InChI is InChI=1S/C17H19NO2S2/c1-21-14-6-4-12(5-7-14)16(13-8-10-22-11-13)18-9-2-3-15(18)17(19)20/h4-8,10-11,15-16H,2-3,9H2,1H3,(H,19,20). The number of thioether (sulfide) groups is 1. The van der Waals surface area contributed by atoms with Gasteiger partial charge in [0.2, 0.25) is 0 Å². The molecule has 2 heterocycles. The summed E-state index contributed by atoms with van der Waals surface area (Å²) in [6, 6.07) is 10.2. The van der Waals surface area contributed by atoms with Crippen LogP contribution in [0.4, 0.5) is 0 Å². The van der Waals surface area contributed by atoms with Gasteiger partial charge in [-0.2, -0.15) is 11.3 Å². The first-order valence-electron chi connectivity index (χ1n) is 7.35. The molecule has 1 fully saturated rings. The predicted molar refractivity (Wildman–Crippen MR) is 91.7 cm³/mol. The highest BCUT2D eigenvalue weighted by molar-refractivity contribution is 7.98. The number of carboxylic acids is 1. The fourth-order valence-electron chi connectivity index (χ4n) is 3.16. The van der Waals surface area contributed by atoms with Crippen molar-refractivity contribution in [2.45, 2.75) is 29.8 Å². The van der Waals surface area contributed by atoms with E-state index in [0.29, 0.717) is 0 Å². The Bertz CT molecular complexity index is 625. The molecule has 0 aliphatic carbocycles. The van der Waals surface area contributed by atoms with Crippen LogP contribution in [0.1, 0.15) is 30.0 Å². The highest BCUT2D eigenvalue weighted by Crippen LogP contribution is 2.36. The van der Waals surface area contributed by atoms with Crippen molar-refractivity contribution in [3.8, 4) is 0 Å². The van der Waals surface area contributed by atoms with Crippen molar-refractivity contribution in [3.05, 3.63) is 52.2 Å². The van der Waals surface area contributed by atoms with Gasteiger partial charge in [0.25, 0.3) is 0 Å². The zero-order chi connectivity index (χ0) is 15.5. The second-order valence-corrected chi connectivity index (χ2v) is 7.13. The average molecular weight is 333 g/mol. The normalized spacial score (nSPS) is 20.1. The Kier molecular flexibility index (Phi) is 4.86. The van der Waals surface area contributed by atoms with E-state index >= 15 is 0 Å². The van der Waals surface area contributed by atoms with Gasteiger partial charge in [0, 0.05) is 11.4 Å². The zero-order valence-corrected chi connectivity index (χ0v) is 14.1. The van der Waals surface area contributed by atoms with E-state index in [-0.39, 0.29) is 12.1 Å². The first kappa shape index (κ1) is 15.6. The van der Waals surface area contributed by atoms with Crippen molar-refractivity contribution < 1.29 is 9.90 Å². The molecule has 22 heavy (non-hydrogen) atoms. The van der Waals surface area contributed by atoms with E-state index in [2.05, 4.69) is 52.2 Å². The Morgan fingerprint density at radius 1 is 1.32 bits per heavy atom. The fourth-order valence-corrected chi connectivity index (χ4v) is 4.24. The minimum atomic E-state index is -0.710. The SMILES string of the molecule is CSc1ccc(C(c2ccsc2)N2CCCC2C(=O)O)cc1. The molecule has 3 rings (SSSR count). The molecule has 116 valence electrons. The maximum Gasteiger partial charge on any atom is 0.320 e. The molecule has 2 aromatic rings. The van der Waals surface area contributed by atoms with Gasteiger partial charge in [-0.05, 0) is 59.2 Å². The molecule has 0 spiro atoms. The van der Waals surface area contributed by atoms with E-state index in [1.54, 1.807) is 23.1 Å². The molecular weight excluding hydrogens is 314 g/mol. The monoisotopic (exact) mass is 333 g/mol. The number of carbonyl (C=O) groups is 1. The summed E-state index contributed by atoms with van der Waals surface area (Å²) in [7, 11) is 0. The van der Waals surface area contributed by atoms with Crippen LogP contribution in [0.25, 0.3) is 0 Å². The number of benzene rings is 1. The minimum absolute atomic E-state index is 0.0331. The number of likely N-dealkylation sites (tertiary alicyclic amines) is 1. The minimum Gasteiger partial charge on any atom is -0.480 e. The number of thiophene rings is 1. The second-order valence-electron chi connectivity index (χ2n) is 5.47. The molecule has 1 aliphatic rings. The summed E-state index contributed by atoms with van der Waals surface area (Å²) in [4.78, 5) is 14.9. The smallest absolute Gasteiger partial charge is 0.320 e. The van der Waals surface area contributed by atoms with Crippen molar-refractivity contribution in [3.63, 3.8) is 0 Å². The third-order valence-corrected chi connectivity index (χ3v) is 5.65. The van der Waals surface area contributed by atoms with Crippen LogP contribution in [0.5, 0.6) is 0 Å². The van der Waals surface area contributed by atoms with E-state index in [9.17, 15) is 9.90 Å². The molecule has 2 atom stereocenters. The topological polar surface area (TPSA) is 40.5 Å². The summed E-state index contributed by atoms with van der Waals surface area (Å²) in [5, 5.41) is 13.7. The lowest BCUT2D eigenvalue weighted by Crippen LogP contribution is -2.39. The predicted octanol–water partition coefficient (Wildman–Crippen LogP) is 4.11. The van der Waals surface area contributed by atoms with Crippen molar-refractivity contribution in [1.29, 1.82) is 0 Å². The van der Waals surface area contributed by atoms with Gasteiger partial charge in [-0.15, -0.1) is 11.8 Å². The van der Waals surface area contributed by atoms with Crippen LogP contribution >= 0.6 is 23.1 Å². The Hall–Kier alpha value is -1.30. The van der Waals surface area contributed by atoms with Crippen molar-refractivity contribution >= 4 is 29.1 Å². The molecular formula is C17H19NO2S2. The van der Waals surface area contributed by atoms with Crippen LogP contribution < -0.4 is 0 Å².